The first-order chi connectivity index (χ1) is 7.18. The lowest BCUT2D eigenvalue weighted by atomic mass is 10.1. The first-order valence-electron chi connectivity index (χ1n) is 4.61. The second kappa shape index (κ2) is 2.53. The number of rotatable bonds is 0. The first kappa shape index (κ1) is 8.35. The Hall–Kier alpha value is -1.97. The van der Waals surface area contributed by atoms with Crippen LogP contribution >= 0.6 is 0 Å². The van der Waals surface area contributed by atoms with E-state index in [0.717, 1.165) is 12.0 Å². The van der Waals surface area contributed by atoms with E-state index in [9.17, 15) is 14.4 Å². The fourth-order valence-corrected chi connectivity index (χ4v) is 1.95. The molecule has 2 aromatic rings. The minimum absolute atomic E-state index is 0.186. The Kier molecular flexibility index (Phi) is 1.41. The molecular weight excluding hydrogens is 196 g/mol. The van der Waals surface area contributed by atoms with E-state index in [2.05, 4.69) is 0 Å². The molecule has 0 saturated carbocycles. The van der Waals surface area contributed by atoms with Crippen molar-refractivity contribution in [2.45, 2.75) is 6.42 Å². The van der Waals surface area contributed by atoms with Gasteiger partial charge >= 0.3 is 0 Å². The Balaban J connectivity index is 2.60. The average molecular weight is 202 g/mol. The zero-order valence-corrected chi connectivity index (χ0v) is 7.70. The minimum atomic E-state index is -0.936. The van der Waals surface area contributed by atoms with Gasteiger partial charge in [0.2, 0.25) is 10.9 Å². The van der Waals surface area contributed by atoms with Gasteiger partial charge in [0.15, 0.2) is 0 Å². The van der Waals surface area contributed by atoms with Crippen LogP contribution in [0.2, 0.25) is 0 Å². The second-order valence-corrected chi connectivity index (χ2v) is 3.59. The van der Waals surface area contributed by atoms with E-state index in [4.69, 9.17) is 4.74 Å². The number of fused-ring (bicyclic) bond motifs is 2. The predicted molar refractivity (Wildman–Crippen MR) is 54.3 cm³/mol. The number of hydrogen-bond acceptors (Lipinski definition) is 4. The van der Waals surface area contributed by atoms with Crippen molar-refractivity contribution in [3.05, 3.63) is 48.4 Å². The molecule has 0 amide bonds. The van der Waals surface area contributed by atoms with Crippen LogP contribution in [0.1, 0.15) is 5.56 Å². The van der Waals surface area contributed by atoms with E-state index in [0.29, 0.717) is 12.4 Å². The molecule has 0 atom stereocenters. The smallest absolute Gasteiger partial charge is 0.273 e. The summed E-state index contributed by atoms with van der Waals surface area (Å²) in [6.07, 6.45) is 0.721. The van der Waals surface area contributed by atoms with Crippen LogP contribution in [0.3, 0.4) is 0 Å². The highest BCUT2D eigenvalue weighted by molar-refractivity contribution is 5.86. The van der Waals surface area contributed by atoms with Crippen molar-refractivity contribution in [2.24, 2.45) is 0 Å². The van der Waals surface area contributed by atoms with Crippen LogP contribution in [0.5, 0.6) is 5.75 Å². The molecular formula is C11H6O4. The maximum absolute atomic E-state index is 11.4. The summed E-state index contributed by atoms with van der Waals surface area (Å²) in [4.78, 5) is 33.9. The van der Waals surface area contributed by atoms with Gasteiger partial charge in [0.05, 0.1) is 6.61 Å². The fraction of sp³-hybridized carbons (Fsp3) is 0.182. The highest BCUT2D eigenvalue weighted by atomic mass is 16.5. The van der Waals surface area contributed by atoms with Crippen molar-refractivity contribution < 1.29 is 4.74 Å². The SMILES string of the molecule is O=c1c(=O)c2cc3c(cc2c1=O)OCC3. The Bertz CT molecular complexity index is 647. The topological polar surface area (TPSA) is 60.4 Å². The van der Waals surface area contributed by atoms with Gasteiger partial charge in [-0.25, -0.2) is 0 Å². The minimum Gasteiger partial charge on any atom is -0.493 e. The maximum Gasteiger partial charge on any atom is 0.273 e. The molecule has 0 N–H and O–H groups in total. The molecule has 0 saturated heterocycles. The summed E-state index contributed by atoms with van der Waals surface area (Å²) in [5.74, 6) is 0.615. The van der Waals surface area contributed by atoms with Gasteiger partial charge < -0.3 is 4.74 Å². The summed E-state index contributed by atoms with van der Waals surface area (Å²) in [6.45, 7) is 0.564. The molecule has 3 rings (SSSR count). The van der Waals surface area contributed by atoms with E-state index < -0.39 is 16.3 Å². The second-order valence-electron chi connectivity index (χ2n) is 3.59. The molecule has 0 spiro atoms. The molecule has 4 heteroatoms. The van der Waals surface area contributed by atoms with Gasteiger partial charge in [-0.3, -0.25) is 14.4 Å². The van der Waals surface area contributed by atoms with Crippen molar-refractivity contribution in [3.63, 3.8) is 0 Å². The highest BCUT2D eigenvalue weighted by Crippen LogP contribution is 2.27. The number of ether oxygens (including phenoxy) is 1. The van der Waals surface area contributed by atoms with Gasteiger partial charge in [-0.05, 0) is 17.7 Å². The molecule has 1 aliphatic rings. The number of benzene rings is 1. The third kappa shape index (κ3) is 0.932. The summed E-state index contributed by atoms with van der Waals surface area (Å²) in [6, 6.07) is 3.10. The Morgan fingerprint density at radius 3 is 2.33 bits per heavy atom. The van der Waals surface area contributed by atoms with E-state index in [1.165, 1.54) is 6.07 Å². The molecule has 0 unspecified atom stereocenters. The van der Waals surface area contributed by atoms with Crippen LogP contribution in [-0.2, 0) is 6.42 Å². The molecule has 74 valence electrons. The highest BCUT2D eigenvalue weighted by Gasteiger charge is 2.18. The van der Waals surface area contributed by atoms with Gasteiger partial charge in [-0.2, -0.15) is 0 Å². The molecule has 4 nitrogen and oxygen atoms in total. The largest absolute Gasteiger partial charge is 0.493 e. The molecule has 0 bridgehead atoms. The predicted octanol–water partition coefficient (Wildman–Crippen LogP) is -0.269. The summed E-state index contributed by atoms with van der Waals surface area (Å²) in [7, 11) is 0. The van der Waals surface area contributed by atoms with E-state index in [1.807, 2.05) is 0 Å². The lowest BCUT2D eigenvalue weighted by Gasteiger charge is -1.96. The van der Waals surface area contributed by atoms with Crippen molar-refractivity contribution in [1.82, 2.24) is 0 Å². The van der Waals surface area contributed by atoms with Crippen molar-refractivity contribution in [3.8, 4) is 5.75 Å². The summed E-state index contributed by atoms with van der Waals surface area (Å²) in [5, 5.41) is 0.417. The van der Waals surface area contributed by atoms with Crippen LogP contribution in [-0.4, -0.2) is 6.61 Å². The van der Waals surface area contributed by atoms with Crippen molar-refractivity contribution in [1.29, 1.82) is 0 Å². The van der Waals surface area contributed by atoms with E-state index in [1.54, 1.807) is 6.07 Å². The standard InChI is InChI=1S/C11H6O4/c12-9-6-3-5-1-2-15-8(5)4-7(6)10(13)11(9)14/h3-4H,1-2H2. The first-order valence-corrected chi connectivity index (χ1v) is 4.61. The zero-order chi connectivity index (χ0) is 10.6. The van der Waals surface area contributed by atoms with Gasteiger partial charge in [-0.15, -0.1) is 0 Å². The third-order valence-corrected chi connectivity index (χ3v) is 2.73. The fourth-order valence-electron chi connectivity index (χ4n) is 1.95. The van der Waals surface area contributed by atoms with Gasteiger partial charge in [0, 0.05) is 17.2 Å². The Morgan fingerprint density at radius 2 is 1.60 bits per heavy atom. The van der Waals surface area contributed by atoms with Gasteiger partial charge in [-0.1, -0.05) is 0 Å². The van der Waals surface area contributed by atoms with Crippen LogP contribution in [0.25, 0.3) is 10.8 Å². The monoisotopic (exact) mass is 202 g/mol. The van der Waals surface area contributed by atoms with Crippen LogP contribution in [0.15, 0.2) is 26.5 Å². The molecule has 1 heterocycles. The van der Waals surface area contributed by atoms with Crippen LogP contribution < -0.4 is 21.0 Å². The quantitative estimate of drug-likeness (QED) is 0.552. The third-order valence-electron chi connectivity index (χ3n) is 2.73. The van der Waals surface area contributed by atoms with E-state index >= 15 is 0 Å². The summed E-state index contributed by atoms with van der Waals surface area (Å²) < 4.78 is 5.27. The molecule has 1 aliphatic heterocycles. The average Bonchev–Trinajstić information content (AvgIpc) is 2.77. The maximum atomic E-state index is 11.4. The van der Waals surface area contributed by atoms with Crippen LogP contribution in [0.4, 0.5) is 0 Å². The summed E-state index contributed by atoms with van der Waals surface area (Å²) >= 11 is 0. The van der Waals surface area contributed by atoms with Crippen molar-refractivity contribution >= 4 is 10.8 Å². The zero-order valence-electron chi connectivity index (χ0n) is 7.70. The molecule has 0 aliphatic carbocycles. The molecule has 0 aromatic heterocycles. The van der Waals surface area contributed by atoms with Crippen LogP contribution in [0, 0.1) is 0 Å². The van der Waals surface area contributed by atoms with Gasteiger partial charge in [0.25, 0.3) is 5.43 Å². The lowest BCUT2D eigenvalue weighted by Crippen LogP contribution is -2.29. The Morgan fingerprint density at radius 1 is 0.933 bits per heavy atom. The molecule has 0 fully saturated rings. The van der Waals surface area contributed by atoms with Gasteiger partial charge in [0.1, 0.15) is 5.75 Å². The normalized spacial score (nSPS) is 14.1. The molecule has 0 radical (unpaired) electrons. The molecule has 15 heavy (non-hydrogen) atoms. The number of hydrogen-bond donors (Lipinski definition) is 0. The molecule has 2 aromatic carbocycles. The van der Waals surface area contributed by atoms with E-state index in [-0.39, 0.29) is 10.8 Å². The van der Waals surface area contributed by atoms with Crippen molar-refractivity contribution in [2.75, 3.05) is 6.61 Å². The lowest BCUT2D eigenvalue weighted by molar-refractivity contribution is 0.357. The Labute approximate surface area is 83.4 Å². The summed E-state index contributed by atoms with van der Waals surface area (Å²) in [5.41, 5.74) is -1.45.